The maximum absolute atomic E-state index is 12.9. The van der Waals surface area contributed by atoms with E-state index in [1.807, 2.05) is 30.3 Å². The molecule has 0 radical (unpaired) electrons. The SMILES string of the molecule is O=C(CN(CCO)c1ccccc1)Nc1ccc(Cl)c(S(=O)(=O)N2CCOCC2)c1. The molecule has 1 fully saturated rings. The van der Waals surface area contributed by atoms with Crippen molar-refractivity contribution in [3.8, 4) is 0 Å². The van der Waals surface area contributed by atoms with Gasteiger partial charge in [0.25, 0.3) is 0 Å². The highest BCUT2D eigenvalue weighted by Gasteiger charge is 2.28. The fourth-order valence-electron chi connectivity index (χ4n) is 3.14. The van der Waals surface area contributed by atoms with Crippen LogP contribution in [0.3, 0.4) is 0 Å². The van der Waals surface area contributed by atoms with Gasteiger partial charge in [-0.25, -0.2) is 8.42 Å². The maximum atomic E-state index is 12.9. The summed E-state index contributed by atoms with van der Waals surface area (Å²) >= 11 is 6.16. The number of ether oxygens (including phenoxy) is 1. The third-order valence-electron chi connectivity index (χ3n) is 4.63. The van der Waals surface area contributed by atoms with E-state index in [4.69, 9.17) is 16.3 Å². The van der Waals surface area contributed by atoms with E-state index in [2.05, 4.69) is 5.32 Å². The van der Waals surface area contributed by atoms with Crippen LogP contribution in [-0.4, -0.2) is 69.7 Å². The Bertz CT molecular complexity index is 966. The molecule has 0 spiro atoms. The highest BCUT2D eigenvalue weighted by atomic mass is 35.5. The predicted octanol–water partition coefficient (Wildman–Crippen LogP) is 1.80. The number of hydrogen-bond acceptors (Lipinski definition) is 6. The standard InChI is InChI=1S/C20H24ClN3O5S/c21-18-7-6-16(14-19(18)30(27,28)24-9-12-29-13-10-24)22-20(26)15-23(8-11-25)17-4-2-1-3-5-17/h1-7,14,25H,8-13,15H2,(H,22,26). The second kappa shape index (κ2) is 10.2. The molecule has 0 saturated carbocycles. The molecule has 162 valence electrons. The first kappa shape index (κ1) is 22.5. The van der Waals surface area contributed by atoms with E-state index in [0.717, 1.165) is 5.69 Å². The number of rotatable bonds is 8. The van der Waals surface area contributed by atoms with Gasteiger partial charge in [-0.3, -0.25) is 4.79 Å². The average Bonchev–Trinajstić information content (AvgIpc) is 2.76. The Hall–Kier alpha value is -2.17. The van der Waals surface area contributed by atoms with Crippen LogP contribution in [0, 0.1) is 0 Å². The van der Waals surface area contributed by atoms with E-state index in [-0.39, 0.29) is 48.6 Å². The summed E-state index contributed by atoms with van der Waals surface area (Å²) in [4.78, 5) is 14.3. The molecule has 3 rings (SSSR count). The molecule has 2 aromatic carbocycles. The molecule has 30 heavy (non-hydrogen) atoms. The van der Waals surface area contributed by atoms with Gasteiger partial charge in [-0.1, -0.05) is 29.8 Å². The molecule has 0 bridgehead atoms. The van der Waals surface area contributed by atoms with Crippen molar-refractivity contribution in [2.75, 3.05) is 56.2 Å². The van der Waals surface area contributed by atoms with Crippen molar-refractivity contribution in [3.05, 3.63) is 53.6 Å². The van der Waals surface area contributed by atoms with Crippen LogP contribution < -0.4 is 10.2 Å². The van der Waals surface area contributed by atoms with Gasteiger partial charge >= 0.3 is 0 Å². The lowest BCUT2D eigenvalue weighted by molar-refractivity contribution is -0.115. The summed E-state index contributed by atoms with van der Waals surface area (Å²) < 4.78 is 32.4. The maximum Gasteiger partial charge on any atom is 0.244 e. The fraction of sp³-hybridized carbons (Fsp3) is 0.350. The molecule has 10 heteroatoms. The minimum atomic E-state index is -3.80. The number of anilines is 2. The Balaban J connectivity index is 1.75. The van der Waals surface area contributed by atoms with Crippen molar-refractivity contribution >= 4 is 38.9 Å². The molecular formula is C20H24ClN3O5S. The van der Waals surface area contributed by atoms with E-state index in [9.17, 15) is 18.3 Å². The summed E-state index contributed by atoms with van der Waals surface area (Å²) in [6, 6.07) is 13.6. The first-order valence-electron chi connectivity index (χ1n) is 9.50. The molecule has 2 aromatic rings. The first-order chi connectivity index (χ1) is 14.4. The molecule has 1 aliphatic heterocycles. The number of aliphatic hydroxyl groups excluding tert-OH is 1. The quantitative estimate of drug-likeness (QED) is 0.632. The summed E-state index contributed by atoms with van der Waals surface area (Å²) in [6.45, 7) is 1.34. The average molecular weight is 454 g/mol. The van der Waals surface area contributed by atoms with Crippen LogP contribution >= 0.6 is 11.6 Å². The molecule has 2 N–H and O–H groups in total. The van der Waals surface area contributed by atoms with E-state index >= 15 is 0 Å². The molecule has 0 aromatic heterocycles. The fourth-order valence-corrected chi connectivity index (χ4v) is 5.05. The van der Waals surface area contributed by atoms with Crippen molar-refractivity contribution < 1.29 is 23.1 Å². The lowest BCUT2D eigenvalue weighted by Gasteiger charge is -2.26. The Morgan fingerprint density at radius 2 is 1.87 bits per heavy atom. The zero-order chi connectivity index (χ0) is 21.6. The number of hydrogen-bond donors (Lipinski definition) is 2. The monoisotopic (exact) mass is 453 g/mol. The lowest BCUT2D eigenvalue weighted by Crippen LogP contribution is -2.40. The van der Waals surface area contributed by atoms with Gasteiger partial charge in [-0.2, -0.15) is 4.31 Å². The van der Waals surface area contributed by atoms with E-state index in [1.54, 1.807) is 11.0 Å². The normalized spacial score (nSPS) is 15.0. The Morgan fingerprint density at radius 1 is 1.17 bits per heavy atom. The minimum Gasteiger partial charge on any atom is -0.395 e. The number of amides is 1. The van der Waals surface area contributed by atoms with Gasteiger partial charge in [0, 0.05) is 31.0 Å². The molecular weight excluding hydrogens is 430 g/mol. The van der Waals surface area contributed by atoms with Crippen molar-refractivity contribution in [2.45, 2.75) is 4.90 Å². The van der Waals surface area contributed by atoms with Crippen molar-refractivity contribution in [1.29, 1.82) is 0 Å². The summed E-state index contributed by atoms with van der Waals surface area (Å²) in [5, 5.41) is 12.1. The number of halogens is 1. The number of carbonyl (C=O) groups excluding carboxylic acids is 1. The number of para-hydroxylation sites is 1. The highest BCUT2D eigenvalue weighted by Crippen LogP contribution is 2.28. The topological polar surface area (TPSA) is 99.2 Å². The summed E-state index contributed by atoms with van der Waals surface area (Å²) in [7, 11) is -3.80. The van der Waals surface area contributed by atoms with Crippen LogP contribution in [0.4, 0.5) is 11.4 Å². The highest BCUT2D eigenvalue weighted by molar-refractivity contribution is 7.89. The van der Waals surface area contributed by atoms with Crippen molar-refractivity contribution in [3.63, 3.8) is 0 Å². The van der Waals surface area contributed by atoms with E-state index in [0.29, 0.717) is 18.9 Å². The smallest absolute Gasteiger partial charge is 0.244 e. The number of carbonyl (C=O) groups is 1. The van der Waals surface area contributed by atoms with Gasteiger partial charge in [0.1, 0.15) is 4.90 Å². The summed E-state index contributed by atoms with van der Waals surface area (Å²) in [6.07, 6.45) is 0. The summed E-state index contributed by atoms with van der Waals surface area (Å²) in [5.74, 6) is -0.343. The largest absolute Gasteiger partial charge is 0.395 e. The first-order valence-corrected chi connectivity index (χ1v) is 11.3. The number of morpholine rings is 1. The zero-order valence-electron chi connectivity index (χ0n) is 16.3. The number of nitrogens with one attached hydrogen (secondary N) is 1. The van der Waals surface area contributed by atoms with Crippen LogP contribution in [0.15, 0.2) is 53.4 Å². The summed E-state index contributed by atoms with van der Waals surface area (Å²) in [5.41, 5.74) is 1.13. The number of nitrogens with zero attached hydrogens (tertiary/aromatic N) is 2. The molecule has 0 unspecified atom stereocenters. The Labute approximate surface area is 181 Å². The second-order valence-electron chi connectivity index (χ2n) is 6.69. The van der Waals surface area contributed by atoms with Crippen LogP contribution in [0.2, 0.25) is 5.02 Å². The minimum absolute atomic E-state index is 0.00124. The molecule has 1 aliphatic rings. The molecule has 0 atom stereocenters. The Morgan fingerprint density at radius 3 is 2.53 bits per heavy atom. The number of sulfonamides is 1. The number of aliphatic hydroxyl groups is 1. The molecule has 0 aliphatic carbocycles. The molecule has 1 heterocycles. The van der Waals surface area contributed by atoms with Crippen molar-refractivity contribution in [2.24, 2.45) is 0 Å². The lowest BCUT2D eigenvalue weighted by atomic mass is 10.2. The van der Waals surface area contributed by atoms with Gasteiger partial charge in [0.05, 0.1) is 31.4 Å². The van der Waals surface area contributed by atoms with Gasteiger partial charge in [0.2, 0.25) is 15.9 Å². The second-order valence-corrected chi connectivity index (χ2v) is 9.00. The Kier molecular flexibility index (Phi) is 7.68. The zero-order valence-corrected chi connectivity index (χ0v) is 17.9. The van der Waals surface area contributed by atoms with Gasteiger partial charge in [-0.05, 0) is 30.3 Å². The van der Waals surface area contributed by atoms with Gasteiger partial charge in [0.15, 0.2) is 0 Å². The third-order valence-corrected chi connectivity index (χ3v) is 7.01. The van der Waals surface area contributed by atoms with Crippen LogP contribution in [-0.2, 0) is 19.6 Å². The molecule has 1 saturated heterocycles. The number of benzene rings is 2. The molecule has 8 nitrogen and oxygen atoms in total. The van der Waals surface area contributed by atoms with Crippen LogP contribution in [0.1, 0.15) is 0 Å². The van der Waals surface area contributed by atoms with Crippen LogP contribution in [0.5, 0.6) is 0 Å². The predicted molar refractivity (Wildman–Crippen MR) is 115 cm³/mol. The third kappa shape index (κ3) is 5.50. The van der Waals surface area contributed by atoms with Crippen LogP contribution in [0.25, 0.3) is 0 Å². The van der Waals surface area contributed by atoms with Crippen molar-refractivity contribution in [1.82, 2.24) is 4.31 Å². The molecule has 1 amide bonds. The van der Waals surface area contributed by atoms with E-state index < -0.39 is 10.0 Å². The van der Waals surface area contributed by atoms with E-state index in [1.165, 1.54) is 16.4 Å². The van der Waals surface area contributed by atoms with Gasteiger partial charge < -0.3 is 20.1 Å². The van der Waals surface area contributed by atoms with Gasteiger partial charge in [-0.15, -0.1) is 0 Å².